The second-order valence-electron chi connectivity index (χ2n) is 5.28. The van der Waals surface area contributed by atoms with Gasteiger partial charge < -0.3 is 0 Å². The van der Waals surface area contributed by atoms with Crippen LogP contribution in [-0.2, 0) is 13.5 Å². The summed E-state index contributed by atoms with van der Waals surface area (Å²) in [5, 5.41) is 3.90. The molecule has 1 heterocycles. The number of rotatable bonds is 1. The van der Waals surface area contributed by atoms with Gasteiger partial charge in [0, 0.05) is 12.0 Å². The smallest absolute Gasteiger partial charge is 0.236 e. The Morgan fingerprint density at radius 3 is 2.63 bits per heavy atom. The zero-order chi connectivity index (χ0) is 13.6. The van der Waals surface area contributed by atoms with E-state index in [1.165, 1.54) is 33.0 Å². The Hall–Kier alpha value is -1.96. The van der Waals surface area contributed by atoms with Crippen molar-refractivity contribution < 1.29 is 4.57 Å². The zero-order valence-corrected chi connectivity index (χ0v) is 12.0. The Balaban J connectivity index is 2.53. The van der Waals surface area contributed by atoms with Crippen LogP contribution in [0.1, 0.15) is 23.7 Å². The van der Waals surface area contributed by atoms with Gasteiger partial charge in [-0.25, -0.2) is 4.57 Å². The molecule has 0 radical (unpaired) electrons. The number of hydrogen-bond acceptors (Lipinski definition) is 1. The van der Waals surface area contributed by atoms with Crippen LogP contribution < -0.4 is 4.57 Å². The predicted octanol–water partition coefficient (Wildman–Crippen LogP) is 3.39. The maximum Gasteiger partial charge on any atom is 0.286 e. The Morgan fingerprint density at radius 1 is 1.11 bits per heavy atom. The number of fused-ring (bicyclic) bond motifs is 2. The van der Waals surface area contributed by atoms with Crippen LogP contribution in [0.5, 0.6) is 0 Å². The maximum absolute atomic E-state index is 4.62. The summed E-state index contributed by atoms with van der Waals surface area (Å²) in [6, 6.07) is 8.93. The number of nitrogens with zero attached hydrogens (tertiary/aromatic N) is 2. The Labute approximate surface area is 113 Å². The molecule has 1 aromatic heterocycles. The van der Waals surface area contributed by atoms with Crippen molar-refractivity contribution in [3.05, 3.63) is 47.4 Å². The van der Waals surface area contributed by atoms with Gasteiger partial charge in [-0.15, -0.1) is 0 Å². The molecular weight excluding hydrogens is 232 g/mol. The fourth-order valence-corrected chi connectivity index (χ4v) is 2.93. The van der Waals surface area contributed by atoms with Crippen molar-refractivity contribution in [2.24, 2.45) is 7.05 Å². The van der Waals surface area contributed by atoms with Gasteiger partial charge in [-0.1, -0.05) is 30.7 Å². The summed E-state index contributed by atoms with van der Waals surface area (Å²) in [5.41, 5.74) is 5.06. The van der Waals surface area contributed by atoms with Crippen LogP contribution in [0.3, 0.4) is 0 Å². The minimum Gasteiger partial charge on any atom is -0.236 e. The lowest BCUT2D eigenvalue weighted by molar-refractivity contribution is -0.680. The first-order valence-electron chi connectivity index (χ1n) is 6.79. The third-order valence-corrected chi connectivity index (χ3v) is 3.95. The Bertz CT molecular complexity index is 788. The molecule has 3 rings (SSSR count). The van der Waals surface area contributed by atoms with Gasteiger partial charge >= 0.3 is 0 Å². The van der Waals surface area contributed by atoms with Crippen molar-refractivity contribution in [3.8, 4) is 0 Å². The molecule has 3 aromatic rings. The highest BCUT2D eigenvalue weighted by atomic mass is 15.0. The summed E-state index contributed by atoms with van der Waals surface area (Å²) in [7, 11) is 2.07. The van der Waals surface area contributed by atoms with Gasteiger partial charge in [0.05, 0.1) is 12.4 Å². The zero-order valence-electron chi connectivity index (χ0n) is 12.0. The molecule has 2 nitrogen and oxygen atoms in total. The van der Waals surface area contributed by atoms with E-state index >= 15 is 0 Å². The van der Waals surface area contributed by atoms with E-state index in [2.05, 4.69) is 61.6 Å². The number of hydrogen-bond donors (Lipinski definition) is 0. The molecule has 96 valence electrons. The van der Waals surface area contributed by atoms with Gasteiger partial charge in [-0.3, -0.25) is 0 Å². The third kappa shape index (κ3) is 1.79. The van der Waals surface area contributed by atoms with Crippen molar-refractivity contribution >= 4 is 21.7 Å². The summed E-state index contributed by atoms with van der Waals surface area (Å²) in [6.07, 6.45) is 2.94. The van der Waals surface area contributed by atoms with Crippen molar-refractivity contribution in [2.75, 3.05) is 0 Å². The van der Waals surface area contributed by atoms with Crippen molar-refractivity contribution in [3.63, 3.8) is 0 Å². The molecule has 0 amide bonds. The first-order valence-corrected chi connectivity index (χ1v) is 6.79. The molecule has 2 heteroatoms. The van der Waals surface area contributed by atoms with Gasteiger partial charge in [0.15, 0.2) is 5.52 Å². The van der Waals surface area contributed by atoms with Gasteiger partial charge in [0.1, 0.15) is 5.69 Å². The summed E-state index contributed by atoms with van der Waals surface area (Å²) in [5.74, 6) is 0. The quantitative estimate of drug-likeness (QED) is 0.478. The molecule has 0 unspecified atom stereocenters. The summed E-state index contributed by atoms with van der Waals surface area (Å²) in [4.78, 5) is 4.62. The summed E-state index contributed by atoms with van der Waals surface area (Å²) >= 11 is 0. The topological polar surface area (TPSA) is 16.8 Å². The number of benzene rings is 2. The van der Waals surface area contributed by atoms with Gasteiger partial charge in [-0.05, 0) is 35.7 Å². The summed E-state index contributed by atoms with van der Waals surface area (Å²) in [6.45, 7) is 6.51. The molecule has 2 aromatic carbocycles. The minimum absolute atomic E-state index is 1.02. The molecule has 0 aliphatic carbocycles. The monoisotopic (exact) mass is 251 g/mol. The molecule has 0 N–H and O–H groups in total. The van der Waals surface area contributed by atoms with E-state index in [4.69, 9.17) is 0 Å². The fraction of sp³-hybridized carbons (Fsp3) is 0.294. The normalized spacial score (nSPS) is 11.4. The average Bonchev–Trinajstić information content (AvgIpc) is 2.38. The molecule has 0 saturated heterocycles. The highest BCUT2D eigenvalue weighted by molar-refractivity contribution is 6.00. The molecule has 0 aliphatic rings. The molecule has 0 spiro atoms. The number of aryl methyl sites for hydroxylation is 4. The van der Waals surface area contributed by atoms with Crippen LogP contribution in [0, 0.1) is 13.8 Å². The van der Waals surface area contributed by atoms with Crippen LogP contribution in [-0.4, -0.2) is 4.98 Å². The van der Waals surface area contributed by atoms with E-state index in [0.717, 1.165) is 11.9 Å². The van der Waals surface area contributed by atoms with E-state index in [1.54, 1.807) is 0 Å². The van der Waals surface area contributed by atoms with Crippen LogP contribution >= 0.6 is 0 Å². The first kappa shape index (κ1) is 12.1. The minimum atomic E-state index is 1.02. The molecule has 0 aliphatic heterocycles. The SMILES string of the molecule is CCc1c2cc3cc(C)ccc3c(C)c2nc[n+]1C. The van der Waals surface area contributed by atoms with Crippen molar-refractivity contribution in [2.45, 2.75) is 27.2 Å². The third-order valence-electron chi connectivity index (χ3n) is 3.95. The van der Waals surface area contributed by atoms with E-state index < -0.39 is 0 Å². The lowest BCUT2D eigenvalue weighted by atomic mass is 9.98. The van der Waals surface area contributed by atoms with Crippen LogP contribution in [0.25, 0.3) is 21.7 Å². The summed E-state index contributed by atoms with van der Waals surface area (Å²) < 4.78 is 2.13. The molecule has 0 atom stereocenters. The van der Waals surface area contributed by atoms with Crippen molar-refractivity contribution in [1.82, 2.24) is 4.98 Å². The molecule has 0 saturated carbocycles. The van der Waals surface area contributed by atoms with Crippen LogP contribution in [0.4, 0.5) is 0 Å². The van der Waals surface area contributed by atoms with Gasteiger partial charge in [-0.2, -0.15) is 0 Å². The van der Waals surface area contributed by atoms with Crippen LogP contribution in [0.2, 0.25) is 0 Å². The Morgan fingerprint density at radius 2 is 1.89 bits per heavy atom. The van der Waals surface area contributed by atoms with Gasteiger partial charge in [0.2, 0.25) is 0 Å². The van der Waals surface area contributed by atoms with E-state index in [9.17, 15) is 0 Å². The molecule has 0 fully saturated rings. The van der Waals surface area contributed by atoms with E-state index in [-0.39, 0.29) is 0 Å². The van der Waals surface area contributed by atoms with Gasteiger partial charge in [0.25, 0.3) is 6.33 Å². The van der Waals surface area contributed by atoms with Crippen molar-refractivity contribution in [1.29, 1.82) is 0 Å². The molecule has 19 heavy (non-hydrogen) atoms. The predicted molar refractivity (Wildman–Crippen MR) is 79.3 cm³/mol. The molecule has 0 bridgehead atoms. The molecular formula is C17H19N2+. The fourth-order valence-electron chi connectivity index (χ4n) is 2.93. The lowest BCUT2D eigenvalue weighted by Gasteiger charge is -2.08. The van der Waals surface area contributed by atoms with Crippen LogP contribution in [0.15, 0.2) is 30.6 Å². The highest BCUT2D eigenvalue weighted by Gasteiger charge is 2.15. The lowest BCUT2D eigenvalue weighted by Crippen LogP contribution is -2.33. The maximum atomic E-state index is 4.62. The average molecular weight is 251 g/mol. The second-order valence-corrected chi connectivity index (χ2v) is 5.28. The number of aromatic nitrogens is 2. The van der Waals surface area contributed by atoms with E-state index in [1.807, 2.05) is 6.33 Å². The van der Waals surface area contributed by atoms with E-state index in [0.29, 0.717) is 0 Å². The Kier molecular flexibility index (Phi) is 2.74. The second kappa shape index (κ2) is 4.30. The largest absolute Gasteiger partial charge is 0.286 e. The first-order chi connectivity index (χ1) is 9.11. The highest BCUT2D eigenvalue weighted by Crippen LogP contribution is 2.28. The standard InChI is InChI=1S/C17H19N2/c1-5-16-15-9-13-8-11(2)6-7-14(13)12(3)17(15)18-10-19(16)4/h6-10H,5H2,1-4H3/q+1.